The Hall–Kier alpha value is -0.900. The molecule has 0 amide bonds. The van der Waals surface area contributed by atoms with Crippen LogP contribution in [0.2, 0.25) is 0 Å². The number of hydrogen-bond acceptors (Lipinski definition) is 2. The maximum atomic E-state index is 13.2. The fourth-order valence-corrected chi connectivity index (χ4v) is 1.95. The molecule has 1 aromatic rings. The number of halogens is 2. The summed E-state index contributed by atoms with van der Waals surface area (Å²) in [4.78, 5) is 11.6. The van der Waals surface area contributed by atoms with Gasteiger partial charge in [-0.2, -0.15) is 11.8 Å². The molecular weight excluding hydrogens is 230 g/mol. The van der Waals surface area contributed by atoms with Crippen LogP contribution >= 0.6 is 11.8 Å². The molecule has 16 heavy (non-hydrogen) atoms. The molecule has 1 rings (SSSR count). The minimum absolute atomic E-state index is 0.157. The molecule has 4 heteroatoms. The van der Waals surface area contributed by atoms with Crippen molar-refractivity contribution in [2.45, 2.75) is 25.5 Å². The van der Waals surface area contributed by atoms with Gasteiger partial charge < -0.3 is 0 Å². The van der Waals surface area contributed by atoms with Crippen LogP contribution < -0.4 is 0 Å². The van der Waals surface area contributed by atoms with Crippen LogP contribution in [0.5, 0.6) is 0 Å². The topological polar surface area (TPSA) is 17.1 Å². The molecule has 0 radical (unpaired) electrons. The predicted octanol–water partition coefficient (Wildman–Crippen LogP) is 3.68. The van der Waals surface area contributed by atoms with Gasteiger partial charge in [0.1, 0.15) is 11.6 Å². The van der Waals surface area contributed by atoms with Gasteiger partial charge >= 0.3 is 0 Å². The summed E-state index contributed by atoms with van der Waals surface area (Å²) >= 11 is 1.46. The third-order valence-electron chi connectivity index (χ3n) is 2.30. The van der Waals surface area contributed by atoms with Crippen LogP contribution in [0, 0.1) is 11.6 Å². The lowest BCUT2D eigenvalue weighted by Gasteiger charge is -2.07. The van der Waals surface area contributed by atoms with Gasteiger partial charge in [0.25, 0.3) is 0 Å². The average Bonchev–Trinajstić information content (AvgIpc) is 2.28. The van der Waals surface area contributed by atoms with E-state index in [0.717, 1.165) is 24.6 Å². The largest absolute Gasteiger partial charge is 0.293 e. The molecule has 0 aromatic heterocycles. The third-order valence-corrected chi connectivity index (χ3v) is 3.63. The first-order valence-corrected chi connectivity index (χ1v) is 6.19. The van der Waals surface area contributed by atoms with Gasteiger partial charge in [-0.25, -0.2) is 8.78 Å². The Morgan fingerprint density at radius 2 is 2.12 bits per heavy atom. The monoisotopic (exact) mass is 244 g/mol. The lowest BCUT2D eigenvalue weighted by Crippen LogP contribution is -2.08. The Bertz CT molecular complexity index is 379. The summed E-state index contributed by atoms with van der Waals surface area (Å²) < 4.78 is 26.1. The van der Waals surface area contributed by atoms with Crippen molar-refractivity contribution < 1.29 is 13.6 Å². The van der Waals surface area contributed by atoms with E-state index in [4.69, 9.17) is 0 Å². The smallest absolute Gasteiger partial charge is 0.175 e. The molecule has 0 heterocycles. The first-order chi connectivity index (χ1) is 7.54. The first kappa shape index (κ1) is 13.2. The molecule has 1 nitrogen and oxygen atoms in total. The van der Waals surface area contributed by atoms with Crippen LogP contribution in [0.1, 0.15) is 30.6 Å². The van der Waals surface area contributed by atoms with E-state index in [1.54, 1.807) is 0 Å². The maximum absolute atomic E-state index is 13.2. The van der Waals surface area contributed by atoms with E-state index in [0.29, 0.717) is 5.25 Å². The second-order valence-electron chi connectivity index (χ2n) is 3.58. The quantitative estimate of drug-likeness (QED) is 0.735. The zero-order valence-corrected chi connectivity index (χ0v) is 10.1. The summed E-state index contributed by atoms with van der Waals surface area (Å²) in [5.74, 6) is -1.41. The number of Topliss-reactive ketones (excluding diaryl/α,β-unsaturated/α-hetero) is 1. The highest BCUT2D eigenvalue weighted by atomic mass is 32.2. The average molecular weight is 244 g/mol. The Kier molecular flexibility index (Phi) is 4.93. The number of rotatable bonds is 5. The molecule has 0 saturated heterocycles. The molecule has 0 aliphatic rings. The van der Waals surface area contributed by atoms with Crippen LogP contribution in [-0.2, 0) is 0 Å². The van der Waals surface area contributed by atoms with Crippen LogP contribution in [0.25, 0.3) is 0 Å². The summed E-state index contributed by atoms with van der Waals surface area (Å²) in [7, 11) is 0. The highest BCUT2D eigenvalue weighted by molar-refractivity contribution is 8.00. The molecule has 0 saturated carbocycles. The zero-order chi connectivity index (χ0) is 12.1. The fourth-order valence-electron chi connectivity index (χ4n) is 1.12. The van der Waals surface area contributed by atoms with Gasteiger partial charge in [-0.15, -0.1) is 0 Å². The molecule has 0 bridgehead atoms. The van der Waals surface area contributed by atoms with E-state index in [9.17, 15) is 13.6 Å². The van der Waals surface area contributed by atoms with Gasteiger partial charge in [0.05, 0.1) is 11.3 Å². The van der Waals surface area contributed by atoms with E-state index in [1.807, 2.05) is 13.8 Å². The van der Waals surface area contributed by atoms with Gasteiger partial charge in [-0.05, 0) is 24.6 Å². The van der Waals surface area contributed by atoms with Gasteiger partial charge in [0.2, 0.25) is 0 Å². The molecule has 1 aromatic carbocycles. The molecule has 88 valence electrons. The normalized spacial score (nSPS) is 12.5. The van der Waals surface area contributed by atoms with Crippen LogP contribution in [0.3, 0.4) is 0 Å². The van der Waals surface area contributed by atoms with Gasteiger partial charge in [0.15, 0.2) is 5.78 Å². The molecule has 0 fully saturated rings. The summed E-state index contributed by atoms with van der Waals surface area (Å²) in [5, 5.41) is 0.348. The van der Waals surface area contributed by atoms with Crippen molar-refractivity contribution in [1.82, 2.24) is 0 Å². The van der Waals surface area contributed by atoms with Crippen molar-refractivity contribution in [3.63, 3.8) is 0 Å². The lowest BCUT2D eigenvalue weighted by atomic mass is 10.1. The van der Waals surface area contributed by atoms with Gasteiger partial charge in [0, 0.05) is 5.25 Å². The Morgan fingerprint density at radius 1 is 1.44 bits per heavy atom. The molecule has 1 atom stereocenters. The number of hydrogen-bond donors (Lipinski definition) is 0. The number of carbonyl (C=O) groups is 1. The van der Waals surface area contributed by atoms with E-state index in [1.165, 1.54) is 11.8 Å². The van der Waals surface area contributed by atoms with E-state index in [2.05, 4.69) is 0 Å². The first-order valence-electron chi connectivity index (χ1n) is 5.14. The minimum Gasteiger partial charge on any atom is -0.293 e. The number of carbonyl (C=O) groups excluding carboxylic acids is 1. The Morgan fingerprint density at radius 3 is 2.75 bits per heavy atom. The molecular formula is C12H14F2OS. The minimum atomic E-state index is -0.656. The Balaban J connectivity index is 2.69. The summed E-state index contributed by atoms with van der Waals surface area (Å²) in [5.41, 5.74) is -0.157. The van der Waals surface area contributed by atoms with Crippen molar-refractivity contribution in [3.05, 3.63) is 35.4 Å². The molecule has 0 aliphatic heterocycles. The maximum Gasteiger partial charge on any atom is 0.175 e. The second-order valence-corrected chi connectivity index (χ2v) is 5.00. The Labute approximate surface area is 98.2 Å². The molecule has 0 N–H and O–H groups in total. The summed E-state index contributed by atoms with van der Waals surface area (Å²) in [6.07, 6.45) is 0.948. The highest BCUT2D eigenvalue weighted by Gasteiger charge is 2.13. The van der Waals surface area contributed by atoms with Crippen molar-refractivity contribution in [1.29, 1.82) is 0 Å². The standard InChI is InChI=1S/C12H14F2OS/c1-3-8(2)16-7-12(15)10-6-9(13)4-5-11(10)14/h4-6,8H,3,7H2,1-2H3. The van der Waals surface area contributed by atoms with Crippen LogP contribution in [0.15, 0.2) is 18.2 Å². The highest BCUT2D eigenvalue weighted by Crippen LogP contribution is 2.17. The third kappa shape index (κ3) is 3.59. The fraction of sp³-hybridized carbons (Fsp3) is 0.417. The lowest BCUT2D eigenvalue weighted by molar-refractivity contribution is 0.101. The second kappa shape index (κ2) is 5.99. The predicted molar refractivity (Wildman–Crippen MR) is 62.9 cm³/mol. The van der Waals surface area contributed by atoms with E-state index in [-0.39, 0.29) is 17.1 Å². The van der Waals surface area contributed by atoms with E-state index >= 15 is 0 Å². The SMILES string of the molecule is CCC(C)SCC(=O)c1cc(F)ccc1F. The van der Waals surface area contributed by atoms with E-state index < -0.39 is 11.6 Å². The van der Waals surface area contributed by atoms with Crippen LogP contribution in [0.4, 0.5) is 8.78 Å². The van der Waals surface area contributed by atoms with Crippen molar-refractivity contribution in [3.8, 4) is 0 Å². The molecule has 1 unspecified atom stereocenters. The number of thioether (sulfide) groups is 1. The van der Waals surface area contributed by atoms with Crippen LogP contribution in [-0.4, -0.2) is 16.8 Å². The molecule has 0 spiro atoms. The molecule has 0 aliphatic carbocycles. The van der Waals surface area contributed by atoms with Gasteiger partial charge in [-0.3, -0.25) is 4.79 Å². The summed E-state index contributed by atoms with van der Waals surface area (Å²) in [6, 6.07) is 2.94. The number of ketones is 1. The van der Waals surface area contributed by atoms with Gasteiger partial charge in [-0.1, -0.05) is 13.8 Å². The van der Waals surface area contributed by atoms with Crippen molar-refractivity contribution in [2.75, 3.05) is 5.75 Å². The summed E-state index contributed by atoms with van der Waals surface area (Å²) in [6.45, 7) is 4.02. The number of benzene rings is 1. The zero-order valence-electron chi connectivity index (χ0n) is 9.30. The van der Waals surface area contributed by atoms with Crippen molar-refractivity contribution in [2.24, 2.45) is 0 Å². The van der Waals surface area contributed by atoms with Crippen molar-refractivity contribution >= 4 is 17.5 Å².